The maximum Gasteiger partial charge on any atom is 0.246 e. The van der Waals surface area contributed by atoms with Gasteiger partial charge >= 0.3 is 0 Å². The maximum absolute atomic E-state index is 15.1. The van der Waals surface area contributed by atoms with Crippen LogP contribution in [0, 0.1) is 5.82 Å². The Bertz CT molecular complexity index is 1580. The van der Waals surface area contributed by atoms with Crippen LogP contribution in [0.25, 0.3) is 11.3 Å². The molecule has 9 nitrogen and oxygen atoms in total. The number of amidine groups is 1. The normalized spacial score (nSPS) is 18.7. The summed E-state index contributed by atoms with van der Waals surface area (Å²) in [5.41, 5.74) is 9.87. The van der Waals surface area contributed by atoms with E-state index < -0.39 is 5.82 Å². The summed E-state index contributed by atoms with van der Waals surface area (Å²) >= 11 is 6.87. The van der Waals surface area contributed by atoms with E-state index >= 15 is 4.39 Å². The maximum atomic E-state index is 15.1. The quantitative estimate of drug-likeness (QED) is 0.350. The second-order valence-corrected chi connectivity index (χ2v) is 12.2. The molecule has 1 fully saturated rings. The Morgan fingerprint density at radius 2 is 1.70 bits per heavy atom. The number of piperazine rings is 1. The van der Waals surface area contributed by atoms with Gasteiger partial charge in [-0.25, -0.2) is 24.3 Å². The number of halogens is 2. The summed E-state index contributed by atoms with van der Waals surface area (Å²) in [5, 5.41) is 0.307. The molecule has 0 aliphatic carbocycles. The SMILES string of the molecule is C=CC(=O)N1C[C@H](C)N(C2=NCN(c3c(C(C)C)nc(N)nc3C(C)C)c3nc(-c4ccccc4F)c(Cl)cc32)C[C@H]1C. The van der Waals surface area contributed by atoms with Gasteiger partial charge in [0.15, 0.2) is 0 Å². The van der Waals surface area contributed by atoms with Gasteiger partial charge in [0.2, 0.25) is 11.9 Å². The summed E-state index contributed by atoms with van der Waals surface area (Å²) in [6.07, 6.45) is 1.35. The van der Waals surface area contributed by atoms with Gasteiger partial charge in [-0.1, -0.05) is 58.0 Å². The second-order valence-electron chi connectivity index (χ2n) is 11.8. The molecule has 11 heteroatoms. The highest BCUT2D eigenvalue weighted by Gasteiger charge is 2.38. The van der Waals surface area contributed by atoms with Gasteiger partial charge in [-0.3, -0.25) is 4.79 Å². The fourth-order valence-corrected chi connectivity index (χ4v) is 6.09. The summed E-state index contributed by atoms with van der Waals surface area (Å²) in [5.74, 6) is 1.06. The number of benzene rings is 1. The van der Waals surface area contributed by atoms with Crippen molar-refractivity contribution in [1.82, 2.24) is 24.8 Å². The molecule has 2 N–H and O–H groups in total. The Morgan fingerprint density at radius 1 is 1.05 bits per heavy atom. The molecule has 43 heavy (non-hydrogen) atoms. The van der Waals surface area contributed by atoms with E-state index in [0.29, 0.717) is 40.8 Å². The van der Waals surface area contributed by atoms with Crippen LogP contribution in [-0.2, 0) is 4.79 Å². The number of nitrogen functional groups attached to an aromatic ring is 1. The van der Waals surface area contributed by atoms with Crippen LogP contribution >= 0.6 is 11.6 Å². The molecule has 1 saturated heterocycles. The highest BCUT2D eigenvalue weighted by molar-refractivity contribution is 6.33. The molecule has 0 bridgehead atoms. The number of hydrogen-bond acceptors (Lipinski definition) is 8. The van der Waals surface area contributed by atoms with E-state index in [2.05, 4.69) is 56.1 Å². The topological polar surface area (TPSA) is 104 Å². The van der Waals surface area contributed by atoms with Crippen molar-refractivity contribution in [2.24, 2.45) is 4.99 Å². The molecule has 3 aromatic rings. The number of aromatic nitrogens is 3. The number of hydrogen-bond donors (Lipinski definition) is 1. The molecular weight excluding hydrogens is 567 g/mol. The molecule has 2 aliphatic rings. The molecule has 0 spiro atoms. The van der Waals surface area contributed by atoms with Gasteiger partial charge in [0.25, 0.3) is 0 Å². The summed E-state index contributed by atoms with van der Waals surface area (Å²) in [6.45, 7) is 17.3. The Morgan fingerprint density at radius 3 is 2.30 bits per heavy atom. The van der Waals surface area contributed by atoms with Crippen molar-refractivity contribution in [2.45, 2.75) is 65.5 Å². The van der Waals surface area contributed by atoms with E-state index in [1.54, 1.807) is 18.2 Å². The predicted molar refractivity (Wildman–Crippen MR) is 170 cm³/mol. The second kappa shape index (κ2) is 11.9. The van der Waals surface area contributed by atoms with Crippen molar-refractivity contribution in [3.8, 4) is 11.3 Å². The lowest BCUT2D eigenvalue weighted by Gasteiger charge is -2.46. The molecule has 4 heterocycles. The lowest BCUT2D eigenvalue weighted by Crippen LogP contribution is -2.59. The van der Waals surface area contributed by atoms with E-state index in [9.17, 15) is 4.79 Å². The smallest absolute Gasteiger partial charge is 0.246 e. The van der Waals surface area contributed by atoms with Crippen molar-refractivity contribution < 1.29 is 9.18 Å². The molecular formula is C32H38ClFN8O. The molecule has 2 aromatic heterocycles. The summed E-state index contributed by atoms with van der Waals surface area (Å²) < 4.78 is 15.1. The largest absolute Gasteiger partial charge is 0.368 e. The van der Waals surface area contributed by atoms with Gasteiger partial charge in [0.1, 0.15) is 24.1 Å². The highest BCUT2D eigenvalue weighted by atomic mass is 35.5. The molecule has 0 saturated carbocycles. The minimum atomic E-state index is -0.417. The zero-order chi connectivity index (χ0) is 31.2. The number of nitrogens with zero attached hydrogens (tertiary/aromatic N) is 7. The van der Waals surface area contributed by atoms with E-state index in [-0.39, 0.29) is 42.4 Å². The van der Waals surface area contributed by atoms with Crippen LogP contribution in [0.1, 0.15) is 70.3 Å². The Labute approximate surface area is 257 Å². The van der Waals surface area contributed by atoms with E-state index in [1.807, 2.05) is 22.8 Å². The van der Waals surface area contributed by atoms with Crippen LogP contribution in [0.15, 0.2) is 48.0 Å². The summed E-state index contributed by atoms with van der Waals surface area (Å²) in [7, 11) is 0. The number of carbonyl (C=O) groups excluding carboxylic acids is 1. The number of amides is 1. The van der Waals surface area contributed by atoms with E-state index in [1.165, 1.54) is 12.1 Å². The van der Waals surface area contributed by atoms with Crippen molar-refractivity contribution in [3.05, 3.63) is 70.8 Å². The molecule has 226 valence electrons. The minimum absolute atomic E-state index is 0.0290. The standard InChI is InChI=1S/C32H38ClFN8O/c1-8-25(43)40-14-20(7)41(15-19(40)6)30-22-13-23(33)28(21-11-9-10-12-24(21)34)37-31(22)42(16-36-30)29-26(17(2)3)38-32(35)39-27(29)18(4)5/h8-13,17-20H,1,14-16H2,2-7H3,(H2,35,38,39)/t19-,20+/m1/s1. The average molecular weight is 605 g/mol. The predicted octanol–water partition coefficient (Wildman–Crippen LogP) is 6.12. The minimum Gasteiger partial charge on any atom is -0.368 e. The summed E-state index contributed by atoms with van der Waals surface area (Å²) in [4.78, 5) is 38.0. The third kappa shape index (κ3) is 5.56. The molecule has 1 aromatic carbocycles. The molecule has 2 atom stereocenters. The van der Waals surface area contributed by atoms with Gasteiger partial charge in [-0.15, -0.1) is 0 Å². The number of aliphatic imine (C=N–C) groups is 1. The molecule has 5 rings (SSSR count). The Hall–Kier alpha value is -4.05. The van der Waals surface area contributed by atoms with E-state index in [4.69, 9.17) is 27.3 Å². The fourth-order valence-electron chi connectivity index (χ4n) is 5.84. The van der Waals surface area contributed by atoms with Crippen molar-refractivity contribution >= 4 is 40.8 Å². The monoisotopic (exact) mass is 604 g/mol. The van der Waals surface area contributed by atoms with Crippen molar-refractivity contribution in [3.63, 3.8) is 0 Å². The fraction of sp³-hybridized carbons (Fsp3) is 0.406. The first-order chi connectivity index (χ1) is 20.4. The van der Waals surface area contributed by atoms with Gasteiger partial charge in [-0.2, -0.15) is 0 Å². The molecule has 0 unspecified atom stereocenters. The number of fused-ring (bicyclic) bond motifs is 1. The number of nitrogens with two attached hydrogens (primary N) is 1. The van der Waals surface area contributed by atoms with Crippen LogP contribution in [-0.4, -0.2) is 68.3 Å². The lowest BCUT2D eigenvalue weighted by molar-refractivity contribution is -0.130. The number of anilines is 3. The molecule has 2 aliphatic heterocycles. The first-order valence-electron chi connectivity index (χ1n) is 14.6. The van der Waals surface area contributed by atoms with Gasteiger partial charge in [-0.05, 0) is 50.0 Å². The van der Waals surface area contributed by atoms with Crippen molar-refractivity contribution in [2.75, 3.05) is 30.4 Å². The zero-order valence-electron chi connectivity index (χ0n) is 25.5. The number of rotatable bonds is 5. The third-order valence-electron chi connectivity index (χ3n) is 7.98. The first-order valence-corrected chi connectivity index (χ1v) is 14.9. The summed E-state index contributed by atoms with van der Waals surface area (Å²) in [6, 6.07) is 8.16. The van der Waals surface area contributed by atoms with Gasteiger partial charge in [0.05, 0.1) is 33.4 Å². The van der Waals surface area contributed by atoms with Gasteiger partial charge < -0.3 is 20.4 Å². The zero-order valence-corrected chi connectivity index (χ0v) is 26.2. The average Bonchev–Trinajstić information content (AvgIpc) is 2.97. The Kier molecular flexibility index (Phi) is 8.42. The van der Waals surface area contributed by atoms with Crippen LogP contribution in [0.4, 0.5) is 21.8 Å². The van der Waals surface area contributed by atoms with Crippen LogP contribution in [0.2, 0.25) is 5.02 Å². The van der Waals surface area contributed by atoms with Crippen molar-refractivity contribution in [1.29, 1.82) is 0 Å². The van der Waals surface area contributed by atoms with E-state index in [0.717, 1.165) is 22.9 Å². The first kappa shape index (κ1) is 30.4. The third-order valence-corrected chi connectivity index (χ3v) is 8.27. The van der Waals surface area contributed by atoms with Crippen LogP contribution in [0.5, 0.6) is 0 Å². The molecule has 1 amide bonds. The van der Waals surface area contributed by atoms with Gasteiger partial charge in [0, 0.05) is 30.7 Å². The molecule has 0 radical (unpaired) electrons. The highest BCUT2D eigenvalue weighted by Crippen LogP contribution is 2.43. The number of carbonyl (C=O) groups is 1. The Balaban J connectivity index is 1.72. The lowest BCUT2D eigenvalue weighted by atomic mass is 9.99. The van der Waals surface area contributed by atoms with Crippen LogP contribution < -0.4 is 10.6 Å². The number of pyridine rings is 1. The van der Waals surface area contributed by atoms with Crippen LogP contribution in [0.3, 0.4) is 0 Å².